The Balaban J connectivity index is 1.94. The van der Waals surface area contributed by atoms with E-state index in [1.807, 2.05) is 11.3 Å². The third-order valence-electron chi connectivity index (χ3n) is 3.92. The number of rotatable bonds is 3. The molecule has 0 unspecified atom stereocenters. The summed E-state index contributed by atoms with van der Waals surface area (Å²) in [6.07, 6.45) is 2.69. The number of nitrogens with zero attached hydrogens (tertiary/aromatic N) is 4. The highest BCUT2D eigenvalue weighted by molar-refractivity contribution is 5.47. The van der Waals surface area contributed by atoms with Gasteiger partial charge in [-0.05, 0) is 32.5 Å². The van der Waals surface area contributed by atoms with Gasteiger partial charge in [-0.1, -0.05) is 0 Å². The molecule has 112 valence electrons. The van der Waals surface area contributed by atoms with E-state index in [4.69, 9.17) is 0 Å². The van der Waals surface area contributed by atoms with E-state index in [9.17, 15) is 10.1 Å². The van der Waals surface area contributed by atoms with Gasteiger partial charge in [-0.3, -0.25) is 19.4 Å². The molecule has 1 saturated heterocycles. The quantitative estimate of drug-likeness (QED) is 0.682. The van der Waals surface area contributed by atoms with Crippen molar-refractivity contribution in [3.8, 4) is 0 Å². The molecule has 0 spiro atoms. The van der Waals surface area contributed by atoms with Crippen LogP contribution in [0.25, 0.3) is 5.65 Å². The van der Waals surface area contributed by atoms with Crippen LogP contribution in [0.15, 0.2) is 18.3 Å². The normalized spacial score (nSPS) is 17.0. The van der Waals surface area contributed by atoms with E-state index in [1.54, 1.807) is 12.3 Å². The fourth-order valence-electron chi connectivity index (χ4n) is 2.77. The third-order valence-corrected chi connectivity index (χ3v) is 3.92. The molecule has 3 rings (SSSR count). The highest BCUT2D eigenvalue weighted by Gasteiger charge is 2.16. The second-order valence-corrected chi connectivity index (χ2v) is 5.40. The number of pyridine rings is 1. The number of nitro groups is 1. The van der Waals surface area contributed by atoms with Crippen LogP contribution in [-0.4, -0.2) is 45.4 Å². The average Bonchev–Trinajstić information content (AvgIpc) is 2.65. The van der Waals surface area contributed by atoms with E-state index in [0.717, 1.165) is 56.2 Å². The van der Waals surface area contributed by atoms with Gasteiger partial charge in [0, 0.05) is 25.7 Å². The Morgan fingerprint density at radius 3 is 3.05 bits per heavy atom. The summed E-state index contributed by atoms with van der Waals surface area (Å²) in [6, 6.07) is 3.21. The smallest absolute Gasteiger partial charge is 0.286 e. The number of hydrogen-bond donors (Lipinski definition) is 1. The Morgan fingerprint density at radius 1 is 1.38 bits per heavy atom. The second-order valence-electron chi connectivity index (χ2n) is 5.40. The minimum absolute atomic E-state index is 0.0960. The molecule has 0 aromatic carbocycles. The summed E-state index contributed by atoms with van der Waals surface area (Å²) >= 11 is 0. The summed E-state index contributed by atoms with van der Waals surface area (Å²) < 4.78 is 1.85. The van der Waals surface area contributed by atoms with Crippen LogP contribution in [0.4, 0.5) is 5.69 Å². The van der Waals surface area contributed by atoms with Crippen LogP contribution < -0.4 is 5.32 Å². The fourth-order valence-corrected chi connectivity index (χ4v) is 2.77. The lowest BCUT2D eigenvalue weighted by Crippen LogP contribution is -2.28. The number of nitrogens with one attached hydrogen (secondary N) is 1. The van der Waals surface area contributed by atoms with Gasteiger partial charge in [0.25, 0.3) is 5.69 Å². The van der Waals surface area contributed by atoms with Crippen LogP contribution in [0.2, 0.25) is 0 Å². The van der Waals surface area contributed by atoms with Crippen molar-refractivity contribution in [2.75, 3.05) is 26.2 Å². The molecule has 7 heteroatoms. The lowest BCUT2D eigenvalue weighted by Gasteiger charge is -2.19. The fraction of sp³-hybridized carbons (Fsp3) is 0.500. The molecule has 0 amide bonds. The Labute approximate surface area is 122 Å². The molecule has 3 heterocycles. The number of imidazole rings is 1. The number of fused-ring (bicyclic) bond motifs is 1. The summed E-state index contributed by atoms with van der Waals surface area (Å²) in [5.74, 6) is 0. The average molecular weight is 289 g/mol. The molecule has 7 nitrogen and oxygen atoms in total. The van der Waals surface area contributed by atoms with Crippen molar-refractivity contribution >= 4 is 11.3 Å². The minimum atomic E-state index is -0.367. The maximum Gasteiger partial charge on any atom is 0.286 e. The maximum atomic E-state index is 11.0. The SMILES string of the molecule is Cc1nc2ccc([N+](=O)[O-])cn2c1CN1CCCNCC1. The predicted octanol–water partition coefficient (Wildman–Crippen LogP) is 1.35. The molecule has 0 aliphatic carbocycles. The molecular formula is C14H19N5O2. The molecule has 1 fully saturated rings. The van der Waals surface area contributed by atoms with Gasteiger partial charge in [0.05, 0.1) is 22.5 Å². The molecular weight excluding hydrogens is 270 g/mol. The van der Waals surface area contributed by atoms with Crippen molar-refractivity contribution in [3.63, 3.8) is 0 Å². The van der Waals surface area contributed by atoms with E-state index in [2.05, 4.69) is 15.2 Å². The molecule has 1 aliphatic rings. The zero-order valence-corrected chi connectivity index (χ0v) is 12.1. The van der Waals surface area contributed by atoms with Crippen LogP contribution in [0.3, 0.4) is 0 Å². The van der Waals surface area contributed by atoms with Crippen molar-refractivity contribution in [3.05, 3.63) is 39.8 Å². The van der Waals surface area contributed by atoms with Crippen LogP contribution >= 0.6 is 0 Å². The molecule has 2 aromatic rings. The Kier molecular flexibility index (Phi) is 3.85. The summed E-state index contributed by atoms with van der Waals surface area (Å²) in [7, 11) is 0. The first-order chi connectivity index (χ1) is 10.1. The largest absolute Gasteiger partial charge is 0.315 e. The topological polar surface area (TPSA) is 75.7 Å². The summed E-state index contributed by atoms with van der Waals surface area (Å²) in [5, 5.41) is 14.3. The lowest BCUT2D eigenvalue weighted by molar-refractivity contribution is -0.385. The monoisotopic (exact) mass is 289 g/mol. The molecule has 1 N–H and O–H groups in total. The first-order valence-electron chi connectivity index (χ1n) is 7.20. The summed E-state index contributed by atoms with van der Waals surface area (Å²) in [6.45, 7) is 6.79. The van der Waals surface area contributed by atoms with Crippen molar-refractivity contribution in [1.82, 2.24) is 19.6 Å². The van der Waals surface area contributed by atoms with Crippen LogP contribution in [-0.2, 0) is 6.54 Å². The lowest BCUT2D eigenvalue weighted by atomic mass is 10.3. The van der Waals surface area contributed by atoms with Gasteiger partial charge in [0.2, 0.25) is 0 Å². The van der Waals surface area contributed by atoms with E-state index in [1.165, 1.54) is 6.07 Å². The van der Waals surface area contributed by atoms with Crippen LogP contribution in [0.1, 0.15) is 17.8 Å². The number of aryl methyl sites for hydroxylation is 1. The van der Waals surface area contributed by atoms with Crippen molar-refractivity contribution in [2.24, 2.45) is 0 Å². The Hall–Kier alpha value is -1.99. The minimum Gasteiger partial charge on any atom is -0.315 e. The predicted molar refractivity (Wildman–Crippen MR) is 79.3 cm³/mol. The molecule has 1 aliphatic heterocycles. The number of aromatic nitrogens is 2. The molecule has 0 bridgehead atoms. The van der Waals surface area contributed by atoms with Gasteiger partial charge in [-0.15, -0.1) is 0 Å². The van der Waals surface area contributed by atoms with Crippen molar-refractivity contribution < 1.29 is 4.92 Å². The Bertz CT molecular complexity index is 659. The van der Waals surface area contributed by atoms with Gasteiger partial charge in [0.15, 0.2) is 0 Å². The number of hydrogen-bond acceptors (Lipinski definition) is 5. The molecule has 21 heavy (non-hydrogen) atoms. The first-order valence-corrected chi connectivity index (χ1v) is 7.20. The van der Waals surface area contributed by atoms with Gasteiger partial charge in [-0.2, -0.15) is 0 Å². The van der Waals surface area contributed by atoms with Crippen molar-refractivity contribution in [2.45, 2.75) is 19.9 Å². The highest BCUT2D eigenvalue weighted by atomic mass is 16.6. The van der Waals surface area contributed by atoms with Crippen LogP contribution in [0.5, 0.6) is 0 Å². The van der Waals surface area contributed by atoms with E-state index < -0.39 is 0 Å². The zero-order chi connectivity index (χ0) is 14.8. The zero-order valence-electron chi connectivity index (χ0n) is 12.1. The standard InChI is InChI=1S/C14H19N5O2/c1-11-13(10-17-7-2-5-15-6-8-17)18-9-12(19(20)21)3-4-14(18)16-11/h3-4,9,15H,2,5-8,10H2,1H3. The van der Waals surface area contributed by atoms with E-state index in [0.29, 0.717) is 0 Å². The molecule has 0 radical (unpaired) electrons. The van der Waals surface area contributed by atoms with Crippen molar-refractivity contribution in [1.29, 1.82) is 0 Å². The third kappa shape index (κ3) is 2.88. The summed E-state index contributed by atoms with van der Waals surface area (Å²) in [5.41, 5.74) is 2.84. The molecule has 2 aromatic heterocycles. The van der Waals surface area contributed by atoms with E-state index in [-0.39, 0.29) is 10.6 Å². The van der Waals surface area contributed by atoms with Gasteiger partial charge >= 0.3 is 0 Å². The first kappa shape index (κ1) is 14.0. The highest BCUT2D eigenvalue weighted by Crippen LogP contribution is 2.19. The van der Waals surface area contributed by atoms with Gasteiger partial charge < -0.3 is 5.32 Å². The Morgan fingerprint density at radius 2 is 2.24 bits per heavy atom. The van der Waals surface area contributed by atoms with Crippen LogP contribution in [0, 0.1) is 17.0 Å². The summed E-state index contributed by atoms with van der Waals surface area (Å²) in [4.78, 5) is 17.5. The second kappa shape index (κ2) is 5.79. The maximum absolute atomic E-state index is 11.0. The van der Waals surface area contributed by atoms with Gasteiger partial charge in [-0.25, -0.2) is 4.98 Å². The van der Waals surface area contributed by atoms with E-state index >= 15 is 0 Å². The molecule has 0 saturated carbocycles. The molecule has 0 atom stereocenters. The van der Waals surface area contributed by atoms with Gasteiger partial charge in [0.1, 0.15) is 5.65 Å².